The van der Waals surface area contributed by atoms with E-state index in [0.29, 0.717) is 18.2 Å². The van der Waals surface area contributed by atoms with E-state index in [2.05, 4.69) is 0 Å². The summed E-state index contributed by atoms with van der Waals surface area (Å²) < 4.78 is 44.1. The standard InChI is InChI=1S/C20H30N2O6S/c1-13(2)17-19(26-4)22-18(20(21-17)27-5)16(11-12-28-29(6,23)24)14-7-9-15(25-3)10-8-14/h7-10,13,16-18H,11-12H2,1-6H3/t16?,17-,18+/m1/s1. The fraction of sp³-hybridized carbons (Fsp3) is 0.600. The van der Waals surface area contributed by atoms with Crippen LogP contribution in [0.4, 0.5) is 0 Å². The molecule has 0 N–H and O–H groups in total. The van der Waals surface area contributed by atoms with Gasteiger partial charge < -0.3 is 14.2 Å². The van der Waals surface area contributed by atoms with Gasteiger partial charge in [-0.05, 0) is 30.0 Å². The molecule has 9 heteroatoms. The average Bonchev–Trinajstić information content (AvgIpc) is 2.69. The Labute approximate surface area is 173 Å². The first-order valence-corrected chi connectivity index (χ1v) is 11.2. The van der Waals surface area contributed by atoms with Crippen LogP contribution in [-0.2, 0) is 23.8 Å². The topological polar surface area (TPSA) is 95.8 Å². The van der Waals surface area contributed by atoms with Gasteiger partial charge in [-0.15, -0.1) is 0 Å². The van der Waals surface area contributed by atoms with Crippen LogP contribution in [0, 0.1) is 5.92 Å². The molecule has 1 aromatic carbocycles. The Bertz CT molecular complexity index is 833. The predicted molar refractivity (Wildman–Crippen MR) is 112 cm³/mol. The first-order chi connectivity index (χ1) is 13.7. The Morgan fingerprint density at radius 3 is 1.97 bits per heavy atom. The molecule has 1 aliphatic rings. The lowest BCUT2D eigenvalue weighted by Gasteiger charge is -2.31. The van der Waals surface area contributed by atoms with Crippen molar-refractivity contribution in [3.05, 3.63) is 29.8 Å². The fourth-order valence-corrected chi connectivity index (χ4v) is 3.66. The second-order valence-corrected chi connectivity index (χ2v) is 8.81. The summed E-state index contributed by atoms with van der Waals surface area (Å²) in [4.78, 5) is 9.52. The minimum Gasteiger partial charge on any atom is -0.497 e. The van der Waals surface area contributed by atoms with Gasteiger partial charge in [-0.2, -0.15) is 8.42 Å². The van der Waals surface area contributed by atoms with E-state index in [-0.39, 0.29) is 24.5 Å². The Morgan fingerprint density at radius 2 is 1.48 bits per heavy atom. The highest BCUT2D eigenvalue weighted by Gasteiger charge is 2.36. The van der Waals surface area contributed by atoms with E-state index in [1.807, 2.05) is 38.1 Å². The molecule has 0 saturated heterocycles. The molecule has 0 amide bonds. The van der Waals surface area contributed by atoms with Crippen LogP contribution in [0.1, 0.15) is 31.7 Å². The van der Waals surface area contributed by atoms with Crippen LogP contribution in [0.5, 0.6) is 5.75 Å². The fourth-order valence-electron chi connectivity index (χ4n) is 3.26. The number of aliphatic imine (C=N–C) groups is 2. The zero-order valence-electron chi connectivity index (χ0n) is 17.8. The molecule has 0 saturated carbocycles. The third kappa shape index (κ3) is 6.17. The van der Waals surface area contributed by atoms with E-state index < -0.39 is 16.2 Å². The van der Waals surface area contributed by atoms with E-state index in [9.17, 15) is 8.42 Å². The normalized spacial score (nSPS) is 20.7. The van der Waals surface area contributed by atoms with Crippen LogP contribution < -0.4 is 4.74 Å². The molecule has 1 unspecified atom stereocenters. The molecule has 1 aliphatic heterocycles. The highest BCUT2D eigenvalue weighted by molar-refractivity contribution is 7.85. The lowest BCUT2D eigenvalue weighted by atomic mass is 9.87. The molecule has 0 fully saturated rings. The molecule has 0 radical (unpaired) electrons. The van der Waals surface area contributed by atoms with Gasteiger partial charge in [0.2, 0.25) is 11.8 Å². The maximum atomic E-state index is 11.4. The Balaban J connectivity index is 2.41. The lowest BCUT2D eigenvalue weighted by molar-refractivity contribution is 0.286. The molecular weight excluding hydrogens is 396 g/mol. The summed E-state index contributed by atoms with van der Waals surface area (Å²) >= 11 is 0. The zero-order valence-corrected chi connectivity index (χ0v) is 18.6. The molecule has 2 rings (SSSR count). The van der Waals surface area contributed by atoms with Crippen LogP contribution >= 0.6 is 0 Å². The van der Waals surface area contributed by atoms with Crippen molar-refractivity contribution in [1.29, 1.82) is 0 Å². The zero-order chi connectivity index (χ0) is 21.6. The molecule has 0 aromatic heterocycles. The smallest absolute Gasteiger partial charge is 0.264 e. The molecule has 1 heterocycles. The van der Waals surface area contributed by atoms with Crippen molar-refractivity contribution in [3.63, 3.8) is 0 Å². The SMILES string of the molecule is COC1=N[C@H](C(C)C)C(OC)=N[C@H]1C(CCOS(C)(=O)=O)c1ccc(OC)cc1. The van der Waals surface area contributed by atoms with E-state index in [1.165, 1.54) is 0 Å². The molecule has 0 bridgehead atoms. The molecule has 29 heavy (non-hydrogen) atoms. The van der Waals surface area contributed by atoms with Crippen LogP contribution in [0.2, 0.25) is 0 Å². The van der Waals surface area contributed by atoms with Gasteiger partial charge in [-0.1, -0.05) is 26.0 Å². The Morgan fingerprint density at radius 1 is 0.931 bits per heavy atom. The third-order valence-electron chi connectivity index (χ3n) is 4.74. The van der Waals surface area contributed by atoms with Gasteiger partial charge >= 0.3 is 0 Å². The van der Waals surface area contributed by atoms with Crippen LogP contribution in [0.3, 0.4) is 0 Å². The third-order valence-corrected chi connectivity index (χ3v) is 5.33. The quantitative estimate of drug-likeness (QED) is 0.593. The monoisotopic (exact) mass is 426 g/mol. The first kappa shape index (κ1) is 23.2. The summed E-state index contributed by atoms with van der Waals surface area (Å²) in [5.74, 6) is 1.72. The number of methoxy groups -OCH3 is 3. The van der Waals surface area contributed by atoms with Gasteiger partial charge in [0.15, 0.2) is 0 Å². The highest BCUT2D eigenvalue weighted by Crippen LogP contribution is 2.32. The number of rotatable bonds is 8. The second-order valence-electron chi connectivity index (χ2n) is 7.17. The Kier molecular flexibility index (Phi) is 8.04. The lowest BCUT2D eigenvalue weighted by Crippen LogP contribution is -2.40. The predicted octanol–water partition coefficient (Wildman–Crippen LogP) is 2.64. The van der Waals surface area contributed by atoms with Crippen molar-refractivity contribution in [2.75, 3.05) is 34.2 Å². The summed E-state index contributed by atoms with van der Waals surface area (Å²) in [6.45, 7) is 4.10. The molecular formula is C20H30N2O6S. The van der Waals surface area contributed by atoms with Crippen molar-refractivity contribution >= 4 is 21.9 Å². The molecule has 8 nitrogen and oxygen atoms in total. The largest absolute Gasteiger partial charge is 0.497 e. The van der Waals surface area contributed by atoms with Gasteiger partial charge in [0.1, 0.15) is 17.8 Å². The maximum Gasteiger partial charge on any atom is 0.264 e. The number of benzene rings is 1. The molecule has 162 valence electrons. The van der Waals surface area contributed by atoms with Gasteiger partial charge in [0.25, 0.3) is 10.1 Å². The van der Waals surface area contributed by atoms with Crippen LogP contribution in [0.25, 0.3) is 0 Å². The number of ether oxygens (including phenoxy) is 3. The van der Waals surface area contributed by atoms with Crippen LogP contribution in [0.15, 0.2) is 34.3 Å². The van der Waals surface area contributed by atoms with E-state index in [1.54, 1.807) is 21.3 Å². The van der Waals surface area contributed by atoms with Gasteiger partial charge in [0.05, 0.1) is 34.2 Å². The van der Waals surface area contributed by atoms with Crippen molar-refractivity contribution < 1.29 is 26.8 Å². The highest BCUT2D eigenvalue weighted by atomic mass is 32.2. The minimum absolute atomic E-state index is 0.0223. The Hall–Kier alpha value is -2.13. The van der Waals surface area contributed by atoms with Crippen LogP contribution in [-0.4, -0.2) is 66.5 Å². The summed E-state index contributed by atoms with van der Waals surface area (Å²) in [6.07, 6.45) is 1.44. The van der Waals surface area contributed by atoms with E-state index >= 15 is 0 Å². The molecule has 3 atom stereocenters. The van der Waals surface area contributed by atoms with Gasteiger partial charge in [0, 0.05) is 5.92 Å². The summed E-state index contributed by atoms with van der Waals surface area (Å²) in [5, 5.41) is 0. The van der Waals surface area contributed by atoms with Gasteiger partial charge in [-0.25, -0.2) is 9.98 Å². The molecule has 1 aromatic rings. The van der Waals surface area contributed by atoms with Crippen molar-refractivity contribution in [1.82, 2.24) is 0 Å². The maximum absolute atomic E-state index is 11.4. The minimum atomic E-state index is -3.54. The molecule has 0 spiro atoms. The summed E-state index contributed by atoms with van der Waals surface area (Å²) in [7, 11) is 1.20. The number of nitrogens with zero attached hydrogens (tertiary/aromatic N) is 2. The number of hydrogen-bond acceptors (Lipinski definition) is 8. The van der Waals surface area contributed by atoms with Crippen molar-refractivity contribution in [2.24, 2.45) is 15.9 Å². The first-order valence-electron chi connectivity index (χ1n) is 9.41. The van der Waals surface area contributed by atoms with Crippen molar-refractivity contribution in [2.45, 2.75) is 38.3 Å². The molecule has 0 aliphatic carbocycles. The van der Waals surface area contributed by atoms with E-state index in [4.69, 9.17) is 28.4 Å². The second kappa shape index (κ2) is 10.1. The van der Waals surface area contributed by atoms with Gasteiger partial charge in [-0.3, -0.25) is 4.18 Å². The average molecular weight is 427 g/mol. The number of hydrogen-bond donors (Lipinski definition) is 0. The summed E-state index contributed by atoms with van der Waals surface area (Å²) in [5.41, 5.74) is 0.944. The van der Waals surface area contributed by atoms with E-state index in [0.717, 1.165) is 17.6 Å². The van der Waals surface area contributed by atoms with Crippen molar-refractivity contribution in [3.8, 4) is 5.75 Å². The summed E-state index contributed by atoms with van der Waals surface area (Å²) in [6, 6.07) is 6.87.